The van der Waals surface area contributed by atoms with Crippen LogP contribution in [0.1, 0.15) is 19.5 Å². The topological polar surface area (TPSA) is 34.0 Å². The molecule has 3 heteroatoms. The molecule has 0 aromatic carbocycles. The number of hydrogen-bond donors (Lipinski definition) is 1. The third-order valence-corrected chi connectivity index (χ3v) is 2.32. The first-order valence-corrected chi connectivity index (χ1v) is 5.48. The molecule has 0 saturated heterocycles. The number of pyridine rings is 1. The highest BCUT2D eigenvalue weighted by molar-refractivity contribution is 5.07. The van der Waals surface area contributed by atoms with Crippen molar-refractivity contribution in [1.29, 1.82) is 0 Å². The van der Waals surface area contributed by atoms with E-state index in [0.717, 1.165) is 25.2 Å². The molecular formula is C12H20N2O. The van der Waals surface area contributed by atoms with Crippen LogP contribution in [-0.2, 0) is 13.0 Å². The summed E-state index contributed by atoms with van der Waals surface area (Å²) in [6.07, 6.45) is 0.902. The van der Waals surface area contributed by atoms with Crippen molar-refractivity contribution >= 4 is 0 Å². The van der Waals surface area contributed by atoms with Gasteiger partial charge in [0.1, 0.15) is 0 Å². The number of aromatic nitrogens is 1. The Bertz CT molecular complexity index is 355. The molecule has 0 aliphatic heterocycles. The van der Waals surface area contributed by atoms with E-state index in [-0.39, 0.29) is 5.56 Å². The lowest BCUT2D eigenvalue weighted by Crippen LogP contribution is -2.26. The van der Waals surface area contributed by atoms with Crippen molar-refractivity contribution in [2.24, 2.45) is 5.92 Å². The standard InChI is InChI=1S/C12H20N2O/c1-10(2)9-14-11(7-8-13-3)5-4-6-12(14)15/h4-6,10,13H,7-9H2,1-3H3. The van der Waals surface area contributed by atoms with Crippen LogP contribution in [0.25, 0.3) is 0 Å². The molecule has 1 aromatic heterocycles. The maximum absolute atomic E-state index is 11.7. The molecule has 1 heterocycles. The molecular weight excluding hydrogens is 188 g/mol. The Hall–Kier alpha value is -1.09. The Labute approximate surface area is 91.1 Å². The minimum Gasteiger partial charge on any atom is -0.319 e. The molecule has 0 unspecified atom stereocenters. The van der Waals surface area contributed by atoms with Gasteiger partial charge in [0.25, 0.3) is 5.56 Å². The van der Waals surface area contributed by atoms with Gasteiger partial charge in [0.2, 0.25) is 0 Å². The van der Waals surface area contributed by atoms with Crippen molar-refractivity contribution in [1.82, 2.24) is 9.88 Å². The third kappa shape index (κ3) is 3.51. The molecule has 84 valence electrons. The molecule has 1 rings (SSSR count). The van der Waals surface area contributed by atoms with Crippen LogP contribution in [0.4, 0.5) is 0 Å². The average molecular weight is 208 g/mol. The van der Waals surface area contributed by atoms with E-state index in [1.165, 1.54) is 0 Å². The summed E-state index contributed by atoms with van der Waals surface area (Å²) >= 11 is 0. The van der Waals surface area contributed by atoms with Crippen LogP contribution >= 0.6 is 0 Å². The van der Waals surface area contributed by atoms with Gasteiger partial charge in [0, 0.05) is 31.3 Å². The van der Waals surface area contributed by atoms with Crippen molar-refractivity contribution in [3.8, 4) is 0 Å². The van der Waals surface area contributed by atoms with Gasteiger partial charge in [-0.25, -0.2) is 0 Å². The normalized spacial score (nSPS) is 10.9. The van der Waals surface area contributed by atoms with Crippen molar-refractivity contribution in [3.05, 3.63) is 34.2 Å². The first kappa shape index (κ1) is 12.0. The highest BCUT2D eigenvalue weighted by Gasteiger charge is 2.04. The van der Waals surface area contributed by atoms with Crippen LogP contribution < -0.4 is 10.9 Å². The molecule has 0 bridgehead atoms. The second-order valence-corrected chi connectivity index (χ2v) is 4.21. The van der Waals surface area contributed by atoms with Crippen LogP contribution in [-0.4, -0.2) is 18.2 Å². The predicted octanol–water partition coefficient (Wildman–Crippen LogP) is 1.27. The summed E-state index contributed by atoms with van der Waals surface area (Å²) in [5.74, 6) is 0.499. The summed E-state index contributed by atoms with van der Waals surface area (Å²) in [6, 6.07) is 5.50. The van der Waals surface area contributed by atoms with Gasteiger partial charge < -0.3 is 9.88 Å². The fourth-order valence-corrected chi connectivity index (χ4v) is 1.61. The lowest BCUT2D eigenvalue weighted by Gasteiger charge is -2.14. The molecule has 0 aliphatic rings. The second-order valence-electron chi connectivity index (χ2n) is 4.21. The number of nitrogens with one attached hydrogen (secondary N) is 1. The quantitative estimate of drug-likeness (QED) is 0.790. The van der Waals surface area contributed by atoms with Gasteiger partial charge in [-0.2, -0.15) is 0 Å². The van der Waals surface area contributed by atoms with E-state index in [4.69, 9.17) is 0 Å². The van der Waals surface area contributed by atoms with E-state index >= 15 is 0 Å². The van der Waals surface area contributed by atoms with Gasteiger partial charge >= 0.3 is 0 Å². The largest absolute Gasteiger partial charge is 0.319 e. The zero-order valence-corrected chi connectivity index (χ0v) is 9.79. The van der Waals surface area contributed by atoms with Gasteiger partial charge in [0.15, 0.2) is 0 Å². The van der Waals surface area contributed by atoms with Gasteiger partial charge in [-0.3, -0.25) is 4.79 Å². The van der Waals surface area contributed by atoms with E-state index in [1.807, 2.05) is 23.7 Å². The van der Waals surface area contributed by atoms with Crippen LogP contribution in [0.2, 0.25) is 0 Å². The van der Waals surface area contributed by atoms with Gasteiger partial charge in [-0.05, 0) is 19.0 Å². The molecule has 0 aliphatic carbocycles. The van der Waals surface area contributed by atoms with Crippen molar-refractivity contribution in [2.45, 2.75) is 26.8 Å². The van der Waals surface area contributed by atoms with E-state index in [1.54, 1.807) is 6.07 Å². The van der Waals surface area contributed by atoms with Crippen LogP contribution in [0, 0.1) is 5.92 Å². The Morgan fingerprint density at radius 2 is 2.13 bits per heavy atom. The van der Waals surface area contributed by atoms with Crippen molar-refractivity contribution < 1.29 is 0 Å². The fraction of sp³-hybridized carbons (Fsp3) is 0.583. The number of rotatable bonds is 5. The molecule has 0 amide bonds. The van der Waals surface area contributed by atoms with E-state index in [0.29, 0.717) is 5.92 Å². The minimum absolute atomic E-state index is 0.109. The lowest BCUT2D eigenvalue weighted by molar-refractivity contribution is 0.493. The molecule has 0 fully saturated rings. The Balaban J connectivity index is 2.92. The molecule has 1 N–H and O–H groups in total. The maximum Gasteiger partial charge on any atom is 0.250 e. The molecule has 15 heavy (non-hydrogen) atoms. The SMILES string of the molecule is CNCCc1cccc(=O)n1CC(C)C. The van der Waals surface area contributed by atoms with E-state index in [2.05, 4.69) is 19.2 Å². The van der Waals surface area contributed by atoms with Gasteiger partial charge in [-0.15, -0.1) is 0 Å². The minimum atomic E-state index is 0.109. The van der Waals surface area contributed by atoms with E-state index in [9.17, 15) is 4.79 Å². The summed E-state index contributed by atoms with van der Waals surface area (Å²) in [6.45, 7) is 5.96. The van der Waals surface area contributed by atoms with Crippen LogP contribution in [0.15, 0.2) is 23.0 Å². The Morgan fingerprint density at radius 3 is 2.73 bits per heavy atom. The molecule has 1 aromatic rings. The summed E-state index contributed by atoms with van der Waals surface area (Å²) < 4.78 is 1.88. The smallest absolute Gasteiger partial charge is 0.250 e. The Morgan fingerprint density at radius 1 is 1.40 bits per heavy atom. The maximum atomic E-state index is 11.7. The van der Waals surface area contributed by atoms with Crippen molar-refractivity contribution in [2.75, 3.05) is 13.6 Å². The predicted molar refractivity (Wildman–Crippen MR) is 63.2 cm³/mol. The number of hydrogen-bond acceptors (Lipinski definition) is 2. The second kappa shape index (κ2) is 5.71. The summed E-state index contributed by atoms with van der Waals surface area (Å²) in [7, 11) is 1.92. The first-order valence-electron chi connectivity index (χ1n) is 5.48. The highest BCUT2D eigenvalue weighted by Crippen LogP contribution is 2.02. The van der Waals surface area contributed by atoms with Gasteiger partial charge in [-0.1, -0.05) is 19.9 Å². The molecule has 0 spiro atoms. The Kier molecular flexibility index (Phi) is 4.56. The van der Waals surface area contributed by atoms with Gasteiger partial charge in [0.05, 0.1) is 0 Å². The van der Waals surface area contributed by atoms with Crippen LogP contribution in [0.5, 0.6) is 0 Å². The van der Waals surface area contributed by atoms with E-state index < -0.39 is 0 Å². The summed E-state index contributed by atoms with van der Waals surface area (Å²) in [4.78, 5) is 11.7. The van der Waals surface area contributed by atoms with Crippen molar-refractivity contribution in [3.63, 3.8) is 0 Å². The summed E-state index contributed by atoms with van der Waals surface area (Å²) in [5, 5.41) is 3.10. The number of nitrogens with zero attached hydrogens (tertiary/aromatic N) is 1. The number of likely N-dealkylation sites (N-methyl/N-ethyl adjacent to an activating group) is 1. The third-order valence-electron chi connectivity index (χ3n) is 2.32. The zero-order valence-electron chi connectivity index (χ0n) is 9.79. The average Bonchev–Trinajstić information content (AvgIpc) is 2.18. The fourth-order valence-electron chi connectivity index (χ4n) is 1.61. The first-order chi connectivity index (χ1) is 7.15. The monoisotopic (exact) mass is 208 g/mol. The molecule has 0 saturated carbocycles. The summed E-state index contributed by atoms with van der Waals surface area (Å²) in [5.41, 5.74) is 1.22. The molecule has 3 nitrogen and oxygen atoms in total. The van der Waals surface area contributed by atoms with Crippen LogP contribution in [0.3, 0.4) is 0 Å². The zero-order chi connectivity index (χ0) is 11.3. The molecule has 0 radical (unpaired) electrons. The molecule has 0 atom stereocenters. The lowest BCUT2D eigenvalue weighted by atomic mass is 10.2. The highest BCUT2D eigenvalue weighted by atomic mass is 16.1.